The number of hydrogen-bond donors (Lipinski definition) is 0. The van der Waals surface area contributed by atoms with Crippen LogP contribution in [0.2, 0.25) is 0 Å². The fourth-order valence-electron chi connectivity index (χ4n) is 5.27. The lowest BCUT2D eigenvalue weighted by Gasteiger charge is -2.39. The Kier molecular flexibility index (Phi) is 7.47. The van der Waals surface area contributed by atoms with Crippen molar-refractivity contribution in [2.24, 2.45) is 11.8 Å². The van der Waals surface area contributed by atoms with Crippen LogP contribution in [0.25, 0.3) is 0 Å². The maximum Gasteiger partial charge on any atom is 0.243 e. The number of halogens is 2. The second-order valence-electron chi connectivity index (χ2n) is 9.38. The van der Waals surface area contributed by atoms with Crippen molar-refractivity contribution in [3.8, 4) is 0 Å². The van der Waals surface area contributed by atoms with Crippen molar-refractivity contribution in [1.29, 1.82) is 0 Å². The first-order valence-electron chi connectivity index (χ1n) is 11.8. The lowest BCUT2D eigenvalue weighted by Crippen LogP contribution is -2.52. The standard InChI is InChI=1S/C23H33F2N3O3S/c24-21-7-6-20(16-22(21)25)32(30,31)28-10-8-19(9-11-28)23(29)27-14-12-26(13-15-27)17-18-4-2-1-3-5-18/h6-7,16,18-19H,1-5,8-15,17H2. The minimum Gasteiger partial charge on any atom is -0.340 e. The Morgan fingerprint density at radius 2 is 1.53 bits per heavy atom. The molecule has 2 aliphatic heterocycles. The highest BCUT2D eigenvalue weighted by Crippen LogP contribution is 2.27. The van der Waals surface area contributed by atoms with E-state index in [0.29, 0.717) is 18.9 Å². The minimum atomic E-state index is -3.90. The van der Waals surface area contributed by atoms with Crippen molar-refractivity contribution >= 4 is 15.9 Å². The van der Waals surface area contributed by atoms with Gasteiger partial charge in [-0.05, 0) is 49.8 Å². The number of nitrogens with zero attached hydrogens (tertiary/aromatic N) is 3. The molecule has 4 rings (SSSR count). The Labute approximate surface area is 189 Å². The number of carbonyl (C=O) groups excluding carboxylic acids is 1. The molecule has 0 aromatic heterocycles. The smallest absolute Gasteiger partial charge is 0.243 e. The highest BCUT2D eigenvalue weighted by Gasteiger charge is 2.35. The molecule has 1 saturated carbocycles. The number of piperazine rings is 1. The normalized spacial score (nSPS) is 22.9. The summed E-state index contributed by atoms with van der Waals surface area (Å²) in [7, 11) is -3.90. The molecule has 6 nitrogen and oxygen atoms in total. The summed E-state index contributed by atoms with van der Waals surface area (Å²) in [5, 5.41) is 0. The van der Waals surface area contributed by atoms with Gasteiger partial charge in [-0.1, -0.05) is 19.3 Å². The van der Waals surface area contributed by atoms with Crippen molar-refractivity contribution in [3.05, 3.63) is 29.8 Å². The zero-order chi connectivity index (χ0) is 22.7. The first kappa shape index (κ1) is 23.6. The third kappa shape index (κ3) is 5.31. The topological polar surface area (TPSA) is 60.9 Å². The molecule has 1 aromatic rings. The molecule has 3 aliphatic rings. The summed E-state index contributed by atoms with van der Waals surface area (Å²) < 4.78 is 53.5. The zero-order valence-corrected chi connectivity index (χ0v) is 19.3. The first-order chi connectivity index (χ1) is 15.3. The summed E-state index contributed by atoms with van der Waals surface area (Å²) in [6.45, 7) is 4.84. The van der Waals surface area contributed by atoms with Gasteiger partial charge in [0.05, 0.1) is 4.90 Å². The van der Waals surface area contributed by atoms with Crippen LogP contribution in [0.5, 0.6) is 0 Å². The van der Waals surface area contributed by atoms with Crippen LogP contribution in [0, 0.1) is 23.5 Å². The van der Waals surface area contributed by atoms with E-state index in [1.165, 1.54) is 36.4 Å². The van der Waals surface area contributed by atoms with E-state index in [0.717, 1.165) is 50.8 Å². The summed E-state index contributed by atoms with van der Waals surface area (Å²) in [6, 6.07) is 2.62. The van der Waals surface area contributed by atoms with Gasteiger partial charge in [0.2, 0.25) is 15.9 Å². The number of sulfonamides is 1. The monoisotopic (exact) mass is 469 g/mol. The number of carbonyl (C=O) groups is 1. The molecule has 2 heterocycles. The average Bonchev–Trinajstić information content (AvgIpc) is 2.81. The van der Waals surface area contributed by atoms with Gasteiger partial charge in [-0.15, -0.1) is 0 Å². The maximum absolute atomic E-state index is 13.5. The lowest BCUT2D eigenvalue weighted by molar-refractivity contribution is -0.138. The van der Waals surface area contributed by atoms with Crippen LogP contribution in [-0.2, 0) is 14.8 Å². The second-order valence-corrected chi connectivity index (χ2v) is 11.3. The predicted molar refractivity (Wildman–Crippen MR) is 117 cm³/mol. The molecule has 3 fully saturated rings. The highest BCUT2D eigenvalue weighted by atomic mass is 32.2. The Morgan fingerprint density at radius 1 is 0.875 bits per heavy atom. The van der Waals surface area contributed by atoms with Crippen molar-refractivity contribution in [3.63, 3.8) is 0 Å². The molecule has 0 spiro atoms. The molecular formula is C23H33F2N3O3S. The molecule has 0 bridgehead atoms. The summed E-state index contributed by atoms with van der Waals surface area (Å²) in [5.74, 6) is -1.53. The van der Waals surface area contributed by atoms with E-state index < -0.39 is 21.7 Å². The summed E-state index contributed by atoms with van der Waals surface area (Å²) in [4.78, 5) is 17.2. The Morgan fingerprint density at radius 3 is 2.16 bits per heavy atom. The number of benzene rings is 1. The van der Waals surface area contributed by atoms with Crippen molar-refractivity contribution in [2.75, 3.05) is 45.8 Å². The first-order valence-corrected chi connectivity index (χ1v) is 13.2. The maximum atomic E-state index is 13.5. The summed E-state index contributed by atoms with van der Waals surface area (Å²) >= 11 is 0. The minimum absolute atomic E-state index is 0.118. The molecule has 9 heteroatoms. The van der Waals surface area contributed by atoms with Crippen LogP contribution in [0.4, 0.5) is 8.78 Å². The lowest BCUT2D eigenvalue weighted by atomic mass is 9.89. The SMILES string of the molecule is O=C(C1CCN(S(=O)(=O)c2ccc(F)c(F)c2)CC1)N1CCN(CC2CCCCC2)CC1. The van der Waals surface area contributed by atoms with Crippen LogP contribution in [0.15, 0.2) is 23.1 Å². The van der Waals surface area contributed by atoms with Gasteiger partial charge in [-0.2, -0.15) is 4.31 Å². The summed E-state index contributed by atoms with van der Waals surface area (Å²) in [6.07, 6.45) is 7.59. The van der Waals surface area contributed by atoms with Gasteiger partial charge >= 0.3 is 0 Å². The van der Waals surface area contributed by atoms with Crippen LogP contribution < -0.4 is 0 Å². The van der Waals surface area contributed by atoms with E-state index in [4.69, 9.17) is 0 Å². The van der Waals surface area contributed by atoms with E-state index in [1.54, 1.807) is 0 Å². The van der Waals surface area contributed by atoms with Gasteiger partial charge in [0, 0.05) is 51.7 Å². The third-order valence-electron chi connectivity index (χ3n) is 7.26. The molecule has 0 unspecified atom stereocenters. The molecule has 1 amide bonds. The van der Waals surface area contributed by atoms with Crippen LogP contribution in [0.1, 0.15) is 44.9 Å². The van der Waals surface area contributed by atoms with Gasteiger partial charge in [-0.3, -0.25) is 9.69 Å². The van der Waals surface area contributed by atoms with Crippen LogP contribution in [0.3, 0.4) is 0 Å². The van der Waals surface area contributed by atoms with E-state index in [-0.39, 0.29) is 29.8 Å². The molecular weight excluding hydrogens is 436 g/mol. The molecule has 1 aliphatic carbocycles. The highest BCUT2D eigenvalue weighted by molar-refractivity contribution is 7.89. The van der Waals surface area contributed by atoms with Crippen LogP contribution >= 0.6 is 0 Å². The van der Waals surface area contributed by atoms with Gasteiger partial charge in [-0.25, -0.2) is 17.2 Å². The Bertz CT molecular complexity index is 905. The van der Waals surface area contributed by atoms with Crippen LogP contribution in [-0.4, -0.2) is 74.2 Å². The molecule has 1 aromatic carbocycles. The average molecular weight is 470 g/mol. The Balaban J connectivity index is 1.26. The van der Waals surface area contributed by atoms with E-state index in [2.05, 4.69) is 4.90 Å². The Hall–Kier alpha value is -1.58. The molecule has 0 N–H and O–H groups in total. The number of amides is 1. The van der Waals surface area contributed by atoms with Gasteiger partial charge in [0.15, 0.2) is 11.6 Å². The number of rotatable bonds is 5. The number of hydrogen-bond acceptors (Lipinski definition) is 4. The molecule has 2 saturated heterocycles. The van der Waals surface area contributed by atoms with Gasteiger partial charge < -0.3 is 4.90 Å². The van der Waals surface area contributed by atoms with Crippen molar-refractivity contribution < 1.29 is 22.0 Å². The van der Waals surface area contributed by atoms with E-state index in [1.807, 2.05) is 4.90 Å². The fraction of sp³-hybridized carbons (Fsp3) is 0.696. The molecule has 178 valence electrons. The van der Waals surface area contributed by atoms with Gasteiger partial charge in [0.25, 0.3) is 0 Å². The van der Waals surface area contributed by atoms with Crippen molar-refractivity contribution in [2.45, 2.75) is 49.8 Å². The van der Waals surface area contributed by atoms with E-state index in [9.17, 15) is 22.0 Å². The zero-order valence-electron chi connectivity index (χ0n) is 18.5. The fourth-order valence-corrected chi connectivity index (χ4v) is 6.76. The third-order valence-corrected chi connectivity index (χ3v) is 9.15. The molecule has 32 heavy (non-hydrogen) atoms. The molecule has 0 atom stereocenters. The molecule has 0 radical (unpaired) electrons. The summed E-state index contributed by atoms with van der Waals surface area (Å²) in [5.41, 5.74) is 0. The quantitative estimate of drug-likeness (QED) is 0.665. The number of piperidine rings is 1. The predicted octanol–water partition coefficient (Wildman–Crippen LogP) is 3.09. The van der Waals surface area contributed by atoms with Crippen molar-refractivity contribution in [1.82, 2.24) is 14.1 Å². The van der Waals surface area contributed by atoms with E-state index >= 15 is 0 Å². The van der Waals surface area contributed by atoms with Gasteiger partial charge in [0.1, 0.15) is 0 Å². The largest absolute Gasteiger partial charge is 0.340 e. The second kappa shape index (κ2) is 10.1.